The molecule has 0 saturated carbocycles. The van der Waals surface area contributed by atoms with Crippen molar-refractivity contribution in [3.63, 3.8) is 0 Å². The molecule has 1 fully saturated rings. The van der Waals surface area contributed by atoms with Gasteiger partial charge in [0.15, 0.2) is 0 Å². The molecule has 17 heavy (non-hydrogen) atoms. The average Bonchev–Trinajstić information content (AvgIpc) is 2.28. The van der Waals surface area contributed by atoms with Crippen molar-refractivity contribution in [2.45, 2.75) is 30.8 Å². The van der Waals surface area contributed by atoms with Crippen LogP contribution in [0.1, 0.15) is 18.9 Å². The van der Waals surface area contributed by atoms with E-state index in [4.69, 9.17) is 0 Å². The summed E-state index contributed by atoms with van der Waals surface area (Å²) < 4.78 is 0. The fraction of sp³-hybridized carbons (Fsp3) is 0.571. The van der Waals surface area contributed by atoms with Gasteiger partial charge in [0, 0.05) is 30.6 Å². The molecule has 0 amide bonds. The number of hydrogen-bond donors (Lipinski definition) is 1. The number of hydrogen-bond acceptors (Lipinski definition) is 3. The molecule has 2 nitrogen and oxygen atoms in total. The van der Waals surface area contributed by atoms with Gasteiger partial charge < -0.3 is 5.32 Å². The maximum absolute atomic E-state index is 3.36. The zero-order chi connectivity index (χ0) is 12.1. The number of nitrogens with one attached hydrogen (secondary N) is 1. The van der Waals surface area contributed by atoms with E-state index < -0.39 is 0 Å². The molecule has 1 N–H and O–H groups in total. The second-order valence-corrected chi connectivity index (χ2v) is 5.51. The summed E-state index contributed by atoms with van der Waals surface area (Å²) in [6.45, 7) is 6.87. The van der Waals surface area contributed by atoms with Crippen molar-refractivity contribution in [2.24, 2.45) is 0 Å². The molecule has 3 heteroatoms. The second kappa shape index (κ2) is 6.43. The summed E-state index contributed by atoms with van der Waals surface area (Å²) in [4.78, 5) is 3.95. The van der Waals surface area contributed by atoms with Gasteiger partial charge in [0.2, 0.25) is 0 Å². The molecule has 0 aromatic heterocycles. The highest BCUT2D eigenvalue weighted by molar-refractivity contribution is 7.98. The van der Waals surface area contributed by atoms with Crippen LogP contribution >= 0.6 is 11.8 Å². The van der Waals surface area contributed by atoms with Crippen molar-refractivity contribution in [2.75, 3.05) is 25.9 Å². The van der Waals surface area contributed by atoms with Gasteiger partial charge in [-0.15, -0.1) is 11.8 Å². The smallest absolute Gasteiger partial charge is 0.0348 e. The van der Waals surface area contributed by atoms with Crippen molar-refractivity contribution < 1.29 is 0 Å². The molecule has 2 rings (SSSR count). The minimum Gasteiger partial charge on any atom is -0.314 e. The first-order chi connectivity index (χ1) is 8.33. The number of benzene rings is 1. The van der Waals surface area contributed by atoms with Gasteiger partial charge in [0.1, 0.15) is 0 Å². The van der Waals surface area contributed by atoms with Crippen molar-refractivity contribution in [1.82, 2.24) is 10.2 Å². The molecular formula is C14H22N2S. The zero-order valence-corrected chi connectivity index (χ0v) is 11.6. The predicted octanol–water partition coefficient (Wildman–Crippen LogP) is 2.59. The van der Waals surface area contributed by atoms with E-state index in [2.05, 4.69) is 47.7 Å². The first-order valence-corrected chi connectivity index (χ1v) is 7.63. The first-order valence-electron chi connectivity index (χ1n) is 6.41. The van der Waals surface area contributed by atoms with Gasteiger partial charge in [0.05, 0.1) is 0 Å². The third-order valence-corrected chi connectivity index (χ3v) is 4.08. The van der Waals surface area contributed by atoms with E-state index in [9.17, 15) is 0 Å². The standard InChI is InChI=1S/C14H22N2S/c1-3-8-16(13-9-15-10-13)11-12-4-6-14(17-2)7-5-12/h4-7,13,15H,3,8-11H2,1-2H3. The molecule has 0 unspecified atom stereocenters. The van der Waals surface area contributed by atoms with E-state index >= 15 is 0 Å². The maximum Gasteiger partial charge on any atom is 0.0348 e. The van der Waals surface area contributed by atoms with Crippen LogP contribution in [0.3, 0.4) is 0 Å². The van der Waals surface area contributed by atoms with Crippen LogP contribution in [-0.2, 0) is 6.54 Å². The van der Waals surface area contributed by atoms with E-state index in [0.717, 1.165) is 25.7 Å². The Balaban J connectivity index is 1.95. The highest BCUT2D eigenvalue weighted by atomic mass is 32.2. The summed E-state index contributed by atoms with van der Waals surface area (Å²) >= 11 is 1.81. The van der Waals surface area contributed by atoms with Crippen molar-refractivity contribution >= 4 is 11.8 Å². The molecule has 0 atom stereocenters. The van der Waals surface area contributed by atoms with E-state index in [1.807, 2.05) is 0 Å². The molecule has 1 aliphatic heterocycles. The Morgan fingerprint density at radius 1 is 1.29 bits per heavy atom. The quantitative estimate of drug-likeness (QED) is 0.781. The summed E-state index contributed by atoms with van der Waals surface area (Å²) in [5.74, 6) is 0. The predicted molar refractivity (Wildman–Crippen MR) is 75.6 cm³/mol. The Hall–Kier alpha value is -0.510. The Morgan fingerprint density at radius 3 is 2.47 bits per heavy atom. The Morgan fingerprint density at radius 2 is 2.00 bits per heavy atom. The molecule has 0 bridgehead atoms. The molecule has 1 heterocycles. The summed E-state index contributed by atoms with van der Waals surface area (Å²) in [6.07, 6.45) is 3.36. The zero-order valence-electron chi connectivity index (χ0n) is 10.8. The molecule has 1 aliphatic rings. The van der Waals surface area contributed by atoms with Crippen LogP contribution in [0.25, 0.3) is 0 Å². The second-order valence-electron chi connectivity index (χ2n) is 4.63. The molecule has 0 aliphatic carbocycles. The lowest BCUT2D eigenvalue weighted by Gasteiger charge is -2.38. The first kappa shape index (κ1) is 12.9. The average molecular weight is 250 g/mol. The minimum absolute atomic E-state index is 0.746. The highest BCUT2D eigenvalue weighted by Crippen LogP contribution is 2.17. The molecule has 94 valence electrons. The Bertz CT molecular complexity index is 333. The summed E-state index contributed by atoms with van der Waals surface area (Å²) in [5, 5.41) is 3.36. The van der Waals surface area contributed by atoms with Gasteiger partial charge in [-0.05, 0) is 36.9 Å². The van der Waals surface area contributed by atoms with Gasteiger partial charge in [-0.25, -0.2) is 0 Å². The number of thioether (sulfide) groups is 1. The van der Waals surface area contributed by atoms with E-state index in [1.165, 1.54) is 23.4 Å². The number of rotatable bonds is 6. The van der Waals surface area contributed by atoms with Crippen LogP contribution in [0.2, 0.25) is 0 Å². The van der Waals surface area contributed by atoms with E-state index in [-0.39, 0.29) is 0 Å². The van der Waals surface area contributed by atoms with Crippen LogP contribution in [0.15, 0.2) is 29.2 Å². The number of nitrogens with zero attached hydrogens (tertiary/aromatic N) is 1. The third kappa shape index (κ3) is 3.47. The Kier molecular flexibility index (Phi) is 4.89. The molecule has 0 radical (unpaired) electrons. The SMILES string of the molecule is CCCN(Cc1ccc(SC)cc1)C1CNC1. The molecule has 0 spiro atoms. The summed E-state index contributed by atoms with van der Waals surface area (Å²) in [5.41, 5.74) is 1.43. The van der Waals surface area contributed by atoms with Gasteiger partial charge in [-0.2, -0.15) is 0 Å². The molecular weight excluding hydrogens is 228 g/mol. The highest BCUT2D eigenvalue weighted by Gasteiger charge is 2.23. The topological polar surface area (TPSA) is 15.3 Å². The maximum atomic E-state index is 3.36. The molecule has 1 saturated heterocycles. The van der Waals surface area contributed by atoms with Gasteiger partial charge in [-0.1, -0.05) is 19.1 Å². The van der Waals surface area contributed by atoms with Crippen molar-refractivity contribution in [3.05, 3.63) is 29.8 Å². The van der Waals surface area contributed by atoms with E-state index in [0.29, 0.717) is 0 Å². The van der Waals surface area contributed by atoms with Crippen LogP contribution < -0.4 is 5.32 Å². The summed E-state index contributed by atoms with van der Waals surface area (Å²) in [7, 11) is 0. The third-order valence-electron chi connectivity index (χ3n) is 3.33. The molecule has 1 aromatic carbocycles. The fourth-order valence-electron chi connectivity index (χ4n) is 2.18. The lowest BCUT2D eigenvalue weighted by Crippen LogP contribution is -2.56. The van der Waals surface area contributed by atoms with Gasteiger partial charge in [0.25, 0.3) is 0 Å². The largest absolute Gasteiger partial charge is 0.314 e. The normalized spacial score (nSPS) is 16.2. The van der Waals surface area contributed by atoms with Gasteiger partial charge in [-0.3, -0.25) is 4.90 Å². The fourth-order valence-corrected chi connectivity index (χ4v) is 2.58. The van der Waals surface area contributed by atoms with Crippen LogP contribution in [-0.4, -0.2) is 36.8 Å². The summed E-state index contributed by atoms with van der Waals surface area (Å²) in [6, 6.07) is 9.73. The Labute approximate surface area is 109 Å². The van der Waals surface area contributed by atoms with Crippen molar-refractivity contribution in [3.8, 4) is 0 Å². The lowest BCUT2D eigenvalue weighted by atomic mass is 10.1. The lowest BCUT2D eigenvalue weighted by molar-refractivity contribution is 0.138. The van der Waals surface area contributed by atoms with E-state index in [1.54, 1.807) is 11.8 Å². The van der Waals surface area contributed by atoms with Crippen LogP contribution in [0.4, 0.5) is 0 Å². The van der Waals surface area contributed by atoms with Crippen LogP contribution in [0, 0.1) is 0 Å². The monoisotopic (exact) mass is 250 g/mol. The minimum atomic E-state index is 0.746. The molecule has 1 aromatic rings. The van der Waals surface area contributed by atoms with Crippen LogP contribution in [0.5, 0.6) is 0 Å². The van der Waals surface area contributed by atoms with Gasteiger partial charge >= 0.3 is 0 Å². The van der Waals surface area contributed by atoms with Crippen molar-refractivity contribution in [1.29, 1.82) is 0 Å².